The maximum absolute atomic E-state index is 17.0. The van der Waals surface area contributed by atoms with Crippen molar-refractivity contribution < 1.29 is 33.0 Å². The molecule has 9 rings (SSSR count). The molecular weight excluding hydrogens is 975 g/mol. The van der Waals surface area contributed by atoms with Gasteiger partial charge in [0.15, 0.2) is 5.82 Å². The number of hydrogen-bond acceptors (Lipinski definition) is 12. The van der Waals surface area contributed by atoms with Crippen LogP contribution in [-0.2, 0) is 14.4 Å². The fourth-order valence-corrected chi connectivity index (χ4v) is 11.4. The number of likely N-dealkylation sites (tertiary alicyclic amines) is 1. The topological polar surface area (TPSA) is 136 Å². The number of terminal acetylenes is 1. The molecule has 1 saturated carbocycles. The zero-order valence-corrected chi connectivity index (χ0v) is 47.1. The molecule has 2 aromatic heterocycles. The predicted octanol–water partition coefficient (Wildman–Crippen LogP) is 11.3. The number of phenols is 1. The Kier molecular flexibility index (Phi) is 20.0. The molecule has 77 heavy (non-hydrogen) atoms. The van der Waals surface area contributed by atoms with Crippen LogP contribution in [0.3, 0.4) is 0 Å². The zero-order valence-electron chi connectivity index (χ0n) is 47.1. The maximum atomic E-state index is 17.0. The number of anilines is 3. The van der Waals surface area contributed by atoms with E-state index in [1.54, 1.807) is 11.1 Å². The third-order valence-corrected chi connectivity index (χ3v) is 16.0. The number of carbonyl (C=O) groups excluding carboxylic acids is 3. The fourth-order valence-electron chi connectivity index (χ4n) is 11.4. The van der Waals surface area contributed by atoms with Crippen molar-refractivity contribution in [1.29, 1.82) is 0 Å². The smallest absolute Gasteiger partial charge is 0.319 e. The van der Waals surface area contributed by atoms with E-state index in [9.17, 15) is 19.1 Å². The Balaban J connectivity index is 0.000000591. The minimum Gasteiger partial charge on any atom is -0.508 e. The number of pyridine rings is 1. The zero-order chi connectivity index (χ0) is 55.6. The first kappa shape index (κ1) is 58.4. The lowest BCUT2D eigenvalue weighted by molar-refractivity contribution is -0.125. The molecule has 4 aliphatic rings. The minimum atomic E-state index is -0.712. The summed E-state index contributed by atoms with van der Waals surface area (Å²) in [5.41, 5.74) is 3.40. The molecule has 3 saturated heterocycles. The molecule has 1 amide bonds. The van der Waals surface area contributed by atoms with Crippen molar-refractivity contribution in [3.8, 4) is 35.4 Å². The van der Waals surface area contributed by atoms with Crippen molar-refractivity contribution in [3.63, 3.8) is 0 Å². The summed E-state index contributed by atoms with van der Waals surface area (Å²) in [6.45, 7) is 25.9. The van der Waals surface area contributed by atoms with Gasteiger partial charge in [-0.1, -0.05) is 66.0 Å². The van der Waals surface area contributed by atoms with Gasteiger partial charge in [-0.05, 0) is 125 Å². The van der Waals surface area contributed by atoms with Crippen LogP contribution in [0.4, 0.5) is 26.0 Å². The number of piperazine rings is 1. The number of ether oxygens (including phenoxy) is 1. The number of nitrogens with zero attached hydrogens (tertiary/aromatic N) is 8. The van der Waals surface area contributed by atoms with E-state index in [-0.39, 0.29) is 57.3 Å². The highest BCUT2D eigenvalue weighted by atomic mass is 19.1. The molecular formula is C62H82F2N8O5. The van der Waals surface area contributed by atoms with Crippen molar-refractivity contribution in [3.05, 3.63) is 71.4 Å². The first-order chi connectivity index (χ1) is 36.9. The number of aromatic hydroxyl groups is 1. The third kappa shape index (κ3) is 14.3. The fraction of sp³-hybridized carbons (Fsp3) is 0.548. The van der Waals surface area contributed by atoms with Crippen molar-refractivity contribution >= 4 is 56.8 Å². The Morgan fingerprint density at radius 1 is 0.961 bits per heavy atom. The van der Waals surface area contributed by atoms with Crippen LogP contribution in [0.5, 0.6) is 11.8 Å². The Morgan fingerprint density at radius 3 is 2.31 bits per heavy atom. The van der Waals surface area contributed by atoms with E-state index in [1.165, 1.54) is 49.7 Å². The van der Waals surface area contributed by atoms with Crippen molar-refractivity contribution in [1.82, 2.24) is 24.8 Å². The van der Waals surface area contributed by atoms with E-state index < -0.39 is 11.6 Å². The number of ketones is 1. The molecule has 3 aliphatic heterocycles. The average molecular weight is 1060 g/mol. The Labute approximate surface area is 455 Å². The second-order valence-corrected chi connectivity index (χ2v) is 22.4. The lowest BCUT2D eigenvalue weighted by Crippen LogP contribution is -2.49. The minimum absolute atomic E-state index is 0.00606. The number of hydrogen-bond donors (Lipinski definition) is 1. The lowest BCUT2D eigenvalue weighted by Gasteiger charge is -2.40. The third-order valence-electron chi connectivity index (χ3n) is 16.0. The van der Waals surface area contributed by atoms with E-state index in [0.717, 1.165) is 122 Å². The molecule has 0 radical (unpaired) electrons. The van der Waals surface area contributed by atoms with Gasteiger partial charge in [-0.25, -0.2) is 8.78 Å². The quantitative estimate of drug-likeness (QED) is 0.0744. The van der Waals surface area contributed by atoms with Crippen LogP contribution in [-0.4, -0.2) is 127 Å². The van der Waals surface area contributed by atoms with Gasteiger partial charge < -0.3 is 34.2 Å². The predicted molar refractivity (Wildman–Crippen MR) is 306 cm³/mol. The van der Waals surface area contributed by atoms with Gasteiger partial charge >= 0.3 is 6.01 Å². The standard InChI is InChI=1S/C51H60F2N8O3.C9H18O.C2H4O/c1-6-39-42(52)13-11-36-25-38(62)27-40(45(36)39)47-46(53)48-41(28-54-47)49(61-18-8-9-33(3)29-61)56-50(55-48)64-32-51(16-17-51)31-59-19-14-35(15-20-59)30-58-21-23-60(24-22-58)37-12-10-34(4)43(26-37)57(5)44(63)7-2;1-5-6-8(4)9(10)7(2)3;1-2-3/h1,10-13,25-28,33,35,62H,7-9,14-24,29-32H2,2-5H3;7-8H,5-6H2,1-4H3;2H,1H3. The molecule has 2 unspecified atom stereocenters. The van der Waals surface area contributed by atoms with Gasteiger partial charge in [0.1, 0.15) is 40.7 Å². The summed E-state index contributed by atoms with van der Waals surface area (Å²) in [4.78, 5) is 58.3. The summed E-state index contributed by atoms with van der Waals surface area (Å²) >= 11 is 0. The molecule has 1 aliphatic carbocycles. The van der Waals surface area contributed by atoms with Crippen LogP contribution in [0.2, 0.25) is 0 Å². The van der Waals surface area contributed by atoms with Crippen molar-refractivity contribution in [2.24, 2.45) is 29.1 Å². The van der Waals surface area contributed by atoms with Gasteiger partial charge in [-0.2, -0.15) is 9.97 Å². The molecule has 5 aromatic rings. The van der Waals surface area contributed by atoms with E-state index >= 15 is 4.39 Å². The average Bonchev–Trinajstić information content (AvgIpc) is 4.20. The Bertz CT molecular complexity index is 2910. The van der Waals surface area contributed by atoms with E-state index in [2.05, 4.69) is 69.5 Å². The molecule has 13 nitrogen and oxygen atoms in total. The number of phenolic OH excluding ortho intramolecular Hbond substituents is 1. The van der Waals surface area contributed by atoms with E-state index in [0.29, 0.717) is 52.6 Å². The van der Waals surface area contributed by atoms with Gasteiger partial charge in [0.2, 0.25) is 5.91 Å². The second kappa shape index (κ2) is 26.4. The van der Waals surface area contributed by atoms with Crippen molar-refractivity contribution in [2.75, 3.05) is 93.8 Å². The summed E-state index contributed by atoms with van der Waals surface area (Å²) in [6.07, 6.45) is 17.2. The lowest BCUT2D eigenvalue weighted by atomic mass is 9.93. The molecule has 4 fully saturated rings. The van der Waals surface area contributed by atoms with E-state index in [1.807, 2.05) is 34.7 Å². The molecule has 0 spiro atoms. The summed E-state index contributed by atoms with van der Waals surface area (Å²) in [5.74, 6) is 3.67. The van der Waals surface area contributed by atoms with Gasteiger partial charge in [0.05, 0.1) is 17.6 Å². The first-order valence-corrected chi connectivity index (χ1v) is 28.1. The van der Waals surface area contributed by atoms with Gasteiger partial charge in [-0.15, -0.1) is 6.42 Å². The van der Waals surface area contributed by atoms with Crippen LogP contribution < -0.4 is 19.4 Å². The van der Waals surface area contributed by atoms with Crippen LogP contribution in [0.25, 0.3) is 32.9 Å². The number of amides is 1. The number of aryl methyl sites for hydroxylation is 1. The molecule has 414 valence electrons. The van der Waals surface area contributed by atoms with Gasteiger partial charge in [-0.3, -0.25) is 19.5 Å². The maximum Gasteiger partial charge on any atom is 0.319 e. The number of aromatic nitrogens is 3. The Morgan fingerprint density at radius 2 is 1.68 bits per heavy atom. The number of benzene rings is 3. The summed E-state index contributed by atoms with van der Waals surface area (Å²) < 4.78 is 38.5. The highest BCUT2D eigenvalue weighted by Crippen LogP contribution is 2.47. The van der Waals surface area contributed by atoms with Crippen molar-refractivity contribution in [2.45, 2.75) is 113 Å². The number of fused-ring (bicyclic) bond motifs is 2. The molecule has 1 N–H and O–H groups in total. The molecule has 5 heterocycles. The molecule has 3 aromatic carbocycles. The number of carbonyl (C=O) groups is 3. The summed E-state index contributed by atoms with van der Waals surface area (Å²) in [6, 6.07) is 12.2. The number of Topliss-reactive ketones (excluding diaryl/α,β-unsaturated/α-hetero) is 1. The van der Waals surface area contributed by atoms with Crippen LogP contribution in [0.1, 0.15) is 117 Å². The highest BCUT2D eigenvalue weighted by Gasteiger charge is 2.45. The number of halogens is 2. The highest BCUT2D eigenvalue weighted by molar-refractivity contribution is 6.03. The molecule has 0 bridgehead atoms. The van der Waals surface area contributed by atoms with Gasteiger partial charge in [0, 0.05) is 112 Å². The number of rotatable bonds is 16. The second-order valence-electron chi connectivity index (χ2n) is 22.4. The van der Waals surface area contributed by atoms with Crippen LogP contribution in [0.15, 0.2) is 48.7 Å². The monoisotopic (exact) mass is 1060 g/mol. The SMILES string of the molecule is C#Cc1c(F)ccc2cc(O)cc(-c3ncc4c(N5CCCC(C)C5)nc(OCC5(CN6CCC(CN7CCN(c8ccc(C)c(N(C)C(=O)CC)c8)CC7)CC6)CC5)nc4c3F)c12.CC=O.CCCC(C)C(=O)C(C)C. The largest absolute Gasteiger partial charge is 0.508 e. The molecule has 2 atom stereocenters. The van der Waals surface area contributed by atoms with E-state index in [4.69, 9.17) is 25.9 Å². The summed E-state index contributed by atoms with van der Waals surface area (Å²) in [5, 5.41) is 11.9. The normalized spacial score (nSPS) is 18.2. The van der Waals surface area contributed by atoms with Crippen LogP contribution >= 0.6 is 0 Å². The molecule has 15 heteroatoms. The Hall–Kier alpha value is -6.24. The first-order valence-electron chi connectivity index (χ1n) is 28.1. The van der Waals surface area contributed by atoms with Gasteiger partial charge in [0.25, 0.3) is 0 Å². The van der Waals surface area contributed by atoms with Crippen LogP contribution in [0, 0.1) is 60.0 Å². The summed E-state index contributed by atoms with van der Waals surface area (Å²) in [7, 11) is 1.87. The number of piperidine rings is 2. The number of aldehydes is 1.